The summed E-state index contributed by atoms with van der Waals surface area (Å²) in [6.45, 7) is 2.18. The maximum Gasteiger partial charge on any atom is 0.0527 e. The number of rotatable bonds is 1. The average molecular weight is 297 g/mol. The van der Waals surface area contributed by atoms with E-state index in [4.69, 9.17) is 0 Å². The van der Waals surface area contributed by atoms with E-state index in [0.717, 1.165) is 12.8 Å². The van der Waals surface area contributed by atoms with Gasteiger partial charge in [0.2, 0.25) is 0 Å². The molecule has 23 heavy (non-hydrogen) atoms. The van der Waals surface area contributed by atoms with Gasteiger partial charge in [-0.1, -0.05) is 48.1 Å². The predicted molar refractivity (Wildman–Crippen MR) is 97.6 cm³/mol. The molecule has 3 aromatic rings. The number of aromatic nitrogens is 1. The number of nitrogens with zero attached hydrogens (tertiary/aromatic N) is 1. The first-order valence-electron chi connectivity index (χ1n) is 8.31. The summed E-state index contributed by atoms with van der Waals surface area (Å²) in [6, 6.07) is 13.6. The van der Waals surface area contributed by atoms with Crippen molar-refractivity contribution in [1.29, 1.82) is 0 Å². The Kier molecular flexibility index (Phi) is 2.52. The number of aryl methyl sites for hydroxylation is 2. The van der Waals surface area contributed by atoms with Gasteiger partial charge in [-0.3, -0.25) is 0 Å². The molecule has 1 heteroatoms. The molecule has 0 bridgehead atoms. The Bertz CT molecular complexity index is 1030. The fourth-order valence-electron chi connectivity index (χ4n) is 4.26. The lowest BCUT2D eigenvalue weighted by Gasteiger charge is -2.10. The van der Waals surface area contributed by atoms with Crippen molar-refractivity contribution < 1.29 is 0 Å². The van der Waals surface area contributed by atoms with Gasteiger partial charge in [0, 0.05) is 29.9 Å². The summed E-state index contributed by atoms with van der Waals surface area (Å²) in [5, 5.41) is 1.42. The van der Waals surface area contributed by atoms with E-state index in [2.05, 4.69) is 73.2 Å². The first-order valence-corrected chi connectivity index (χ1v) is 8.31. The molecule has 0 amide bonds. The highest BCUT2D eigenvalue weighted by Crippen LogP contribution is 2.45. The van der Waals surface area contributed by atoms with Crippen molar-refractivity contribution in [2.75, 3.05) is 0 Å². The highest BCUT2D eigenvalue weighted by atomic mass is 15.0. The summed E-state index contributed by atoms with van der Waals surface area (Å²) in [4.78, 5) is 0. The monoisotopic (exact) mass is 297 g/mol. The van der Waals surface area contributed by atoms with Gasteiger partial charge in [0.25, 0.3) is 0 Å². The third kappa shape index (κ3) is 1.68. The number of hydrogen-bond donors (Lipinski definition) is 0. The van der Waals surface area contributed by atoms with Gasteiger partial charge in [-0.25, -0.2) is 0 Å². The summed E-state index contributed by atoms with van der Waals surface area (Å²) < 4.78 is 2.37. The van der Waals surface area contributed by atoms with Crippen molar-refractivity contribution in [2.45, 2.75) is 19.8 Å². The summed E-state index contributed by atoms with van der Waals surface area (Å²) in [7, 11) is 2.20. The lowest BCUT2D eigenvalue weighted by molar-refractivity contribution is 0.978. The SMILES string of the molecule is Cc1ccc2c(c1)c1c(n2C)-c2cccc(C3=CCC=C3)c2C1. The molecule has 2 aliphatic carbocycles. The number of benzene rings is 2. The molecule has 0 atom stereocenters. The minimum absolute atomic E-state index is 1.05. The summed E-state index contributed by atoms with van der Waals surface area (Å²) >= 11 is 0. The van der Waals surface area contributed by atoms with Crippen LogP contribution in [0.1, 0.15) is 28.7 Å². The van der Waals surface area contributed by atoms with Crippen molar-refractivity contribution in [1.82, 2.24) is 4.57 Å². The zero-order chi connectivity index (χ0) is 15.6. The Balaban J connectivity index is 1.81. The number of hydrogen-bond acceptors (Lipinski definition) is 0. The van der Waals surface area contributed by atoms with Gasteiger partial charge in [-0.05, 0) is 47.7 Å². The first kappa shape index (κ1) is 13.0. The maximum atomic E-state index is 2.37. The molecule has 112 valence electrons. The fourth-order valence-corrected chi connectivity index (χ4v) is 4.26. The van der Waals surface area contributed by atoms with Gasteiger partial charge < -0.3 is 4.57 Å². The van der Waals surface area contributed by atoms with E-state index in [-0.39, 0.29) is 0 Å². The molecule has 0 saturated carbocycles. The third-order valence-electron chi connectivity index (χ3n) is 5.33. The molecule has 0 N–H and O–H groups in total. The quantitative estimate of drug-likeness (QED) is 0.443. The molecular formula is C22H19N. The van der Waals surface area contributed by atoms with Gasteiger partial charge in [0.05, 0.1) is 5.69 Å². The van der Waals surface area contributed by atoms with Gasteiger partial charge in [-0.15, -0.1) is 0 Å². The van der Waals surface area contributed by atoms with Gasteiger partial charge in [0.15, 0.2) is 0 Å². The Hall–Kier alpha value is -2.54. The Morgan fingerprint density at radius 1 is 1.00 bits per heavy atom. The molecule has 0 radical (unpaired) electrons. The number of allylic oxidation sites excluding steroid dienone is 4. The molecule has 0 aliphatic heterocycles. The second-order valence-corrected chi connectivity index (χ2v) is 6.71. The van der Waals surface area contributed by atoms with Crippen molar-refractivity contribution in [3.05, 3.63) is 76.9 Å². The maximum absolute atomic E-state index is 2.37. The summed E-state index contributed by atoms with van der Waals surface area (Å²) in [6.07, 6.45) is 8.96. The molecule has 2 aliphatic rings. The summed E-state index contributed by atoms with van der Waals surface area (Å²) in [5.74, 6) is 0. The van der Waals surface area contributed by atoms with Gasteiger partial charge in [0.1, 0.15) is 0 Å². The Labute approximate surface area is 136 Å². The van der Waals surface area contributed by atoms with Crippen LogP contribution in [0.3, 0.4) is 0 Å². The molecule has 0 fully saturated rings. The zero-order valence-corrected chi connectivity index (χ0v) is 13.6. The van der Waals surface area contributed by atoms with Crippen LogP contribution in [-0.2, 0) is 13.5 Å². The molecule has 0 spiro atoms. The van der Waals surface area contributed by atoms with Crippen LogP contribution in [0.25, 0.3) is 27.7 Å². The molecule has 1 nitrogen and oxygen atoms in total. The zero-order valence-electron chi connectivity index (χ0n) is 13.6. The average Bonchev–Trinajstić information content (AvgIpc) is 3.25. The third-order valence-corrected chi connectivity index (χ3v) is 5.33. The lowest BCUT2D eigenvalue weighted by atomic mass is 9.96. The molecule has 0 saturated heterocycles. The second kappa shape index (κ2) is 4.48. The molecule has 0 unspecified atom stereocenters. The van der Waals surface area contributed by atoms with Crippen molar-refractivity contribution in [3.8, 4) is 11.3 Å². The molecule has 2 aromatic carbocycles. The van der Waals surface area contributed by atoms with Crippen LogP contribution >= 0.6 is 0 Å². The number of fused-ring (bicyclic) bond motifs is 5. The smallest absolute Gasteiger partial charge is 0.0527 e. The van der Waals surface area contributed by atoms with E-state index in [1.165, 1.54) is 50.0 Å². The van der Waals surface area contributed by atoms with Gasteiger partial charge >= 0.3 is 0 Å². The molecule has 1 heterocycles. The van der Waals surface area contributed by atoms with Crippen LogP contribution in [-0.4, -0.2) is 4.57 Å². The van der Waals surface area contributed by atoms with E-state index < -0.39 is 0 Å². The predicted octanol–water partition coefficient (Wildman–Crippen LogP) is 5.40. The fraction of sp³-hybridized carbons (Fsp3) is 0.182. The molecule has 5 rings (SSSR count). The van der Waals surface area contributed by atoms with Gasteiger partial charge in [-0.2, -0.15) is 0 Å². The minimum atomic E-state index is 1.05. The van der Waals surface area contributed by atoms with E-state index in [1.807, 2.05) is 0 Å². The second-order valence-electron chi connectivity index (χ2n) is 6.71. The Morgan fingerprint density at radius 3 is 2.70 bits per heavy atom. The molecular weight excluding hydrogens is 278 g/mol. The van der Waals surface area contributed by atoms with Crippen LogP contribution in [0.4, 0.5) is 0 Å². The van der Waals surface area contributed by atoms with Crippen molar-refractivity contribution >= 4 is 16.5 Å². The standard InChI is InChI=1S/C22H19N/c1-14-10-11-21-19(12-14)20-13-18-16(15-6-3-4-7-15)8-5-9-17(18)22(20)23(21)2/h3,5-12H,4,13H2,1-2H3. The van der Waals surface area contributed by atoms with E-state index in [9.17, 15) is 0 Å². The van der Waals surface area contributed by atoms with Crippen LogP contribution in [0.2, 0.25) is 0 Å². The van der Waals surface area contributed by atoms with Crippen LogP contribution in [0.5, 0.6) is 0 Å². The molecule has 1 aromatic heterocycles. The largest absolute Gasteiger partial charge is 0.343 e. The highest BCUT2D eigenvalue weighted by Gasteiger charge is 2.27. The summed E-state index contributed by atoms with van der Waals surface area (Å²) in [5.41, 5.74) is 11.3. The highest BCUT2D eigenvalue weighted by molar-refractivity contribution is 5.97. The van der Waals surface area contributed by atoms with Crippen molar-refractivity contribution in [2.24, 2.45) is 7.05 Å². The van der Waals surface area contributed by atoms with Crippen LogP contribution in [0, 0.1) is 6.92 Å². The van der Waals surface area contributed by atoms with Crippen LogP contribution < -0.4 is 0 Å². The normalized spacial score (nSPS) is 15.1. The lowest BCUT2D eigenvalue weighted by Crippen LogP contribution is -1.94. The van der Waals surface area contributed by atoms with E-state index >= 15 is 0 Å². The van der Waals surface area contributed by atoms with E-state index in [1.54, 1.807) is 0 Å². The minimum Gasteiger partial charge on any atom is -0.343 e. The van der Waals surface area contributed by atoms with Crippen molar-refractivity contribution in [3.63, 3.8) is 0 Å². The van der Waals surface area contributed by atoms with E-state index in [0.29, 0.717) is 0 Å². The topological polar surface area (TPSA) is 4.93 Å². The van der Waals surface area contributed by atoms with Crippen LogP contribution in [0.15, 0.2) is 54.6 Å². The first-order chi connectivity index (χ1) is 11.2. The Morgan fingerprint density at radius 2 is 1.87 bits per heavy atom.